The second-order valence-electron chi connectivity index (χ2n) is 4.31. The van der Waals surface area contributed by atoms with E-state index in [0.29, 0.717) is 5.58 Å². The number of alkyl halides is 3. The Labute approximate surface area is 108 Å². The molecule has 0 saturated heterocycles. The standard InChI is InChI=1S/C13H14F3NO2/c1-17-10(7-18)12(13(14,15)16)9-3-2-8-4-5-19-11(8)6-9/h2-6,10,12,17-18H,7H2,1H3. The van der Waals surface area contributed by atoms with Gasteiger partial charge in [-0.2, -0.15) is 13.2 Å². The van der Waals surface area contributed by atoms with Crippen molar-refractivity contribution in [3.05, 3.63) is 36.1 Å². The lowest BCUT2D eigenvalue weighted by molar-refractivity contribution is -0.159. The Morgan fingerprint density at radius 2 is 2.05 bits per heavy atom. The van der Waals surface area contributed by atoms with Crippen LogP contribution in [0.4, 0.5) is 13.2 Å². The summed E-state index contributed by atoms with van der Waals surface area (Å²) in [5.74, 6) is -1.78. The van der Waals surface area contributed by atoms with Crippen LogP contribution in [0.2, 0.25) is 0 Å². The first-order valence-corrected chi connectivity index (χ1v) is 5.79. The van der Waals surface area contributed by atoms with E-state index in [1.54, 1.807) is 12.1 Å². The van der Waals surface area contributed by atoms with Gasteiger partial charge in [0.05, 0.1) is 18.8 Å². The first-order valence-electron chi connectivity index (χ1n) is 5.79. The molecule has 2 aromatic rings. The van der Waals surface area contributed by atoms with Gasteiger partial charge < -0.3 is 14.8 Å². The molecule has 1 heterocycles. The van der Waals surface area contributed by atoms with Crippen LogP contribution in [0.1, 0.15) is 11.5 Å². The van der Waals surface area contributed by atoms with Crippen LogP contribution in [-0.2, 0) is 0 Å². The lowest BCUT2D eigenvalue weighted by Gasteiger charge is -2.27. The van der Waals surface area contributed by atoms with E-state index < -0.39 is 24.7 Å². The third kappa shape index (κ3) is 2.74. The van der Waals surface area contributed by atoms with Crippen LogP contribution in [0.15, 0.2) is 34.9 Å². The summed E-state index contributed by atoms with van der Waals surface area (Å²) < 4.78 is 44.6. The zero-order valence-electron chi connectivity index (χ0n) is 10.2. The lowest BCUT2D eigenvalue weighted by Crippen LogP contribution is -2.42. The molecule has 2 rings (SSSR count). The second kappa shape index (κ2) is 5.22. The smallest absolute Gasteiger partial charge is 0.397 e. The van der Waals surface area contributed by atoms with Crippen molar-refractivity contribution in [2.24, 2.45) is 0 Å². The summed E-state index contributed by atoms with van der Waals surface area (Å²) in [6.07, 6.45) is -3.02. The number of likely N-dealkylation sites (N-methyl/N-ethyl adjacent to an activating group) is 1. The van der Waals surface area contributed by atoms with Crippen molar-refractivity contribution in [3.63, 3.8) is 0 Å². The highest BCUT2D eigenvalue weighted by molar-refractivity contribution is 5.77. The monoisotopic (exact) mass is 273 g/mol. The van der Waals surface area contributed by atoms with Crippen LogP contribution in [0, 0.1) is 0 Å². The highest BCUT2D eigenvalue weighted by Gasteiger charge is 2.45. The third-order valence-electron chi connectivity index (χ3n) is 3.16. The Balaban J connectivity index is 2.47. The molecule has 1 aromatic carbocycles. The van der Waals surface area contributed by atoms with E-state index in [0.717, 1.165) is 5.39 Å². The molecule has 0 aliphatic rings. The zero-order chi connectivity index (χ0) is 14.0. The van der Waals surface area contributed by atoms with Crippen LogP contribution in [0.5, 0.6) is 0 Å². The van der Waals surface area contributed by atoms with E-state index in [-0.39, 0.29) is 5.56 Å². The van der Waals surface area contributed by atoms with Gasteiger partial charge in [-0.25, -0.2) is 0 Å². The van der Waals surface area contributed by atoms with Gasteiger partial charge in [-0.1, -0.05) is 12.1 Å². The maximum Gasteiger partial charge on any atom is 0.397 e. The minimum absolute atomic E-state index is 0.0725. The van der Waals surface area contributed by atoms with Gasteiger partial charge in [0, 0.05) is 11.4 Å². The van der Waals surface area contributed by atoms with E-state index in [1.165, 1.54) is 25.4 Å². The maximum absolute atomic E-state index is 13.2. The number of hydrogen-bond acceptors (Lipinski definition) is 3. The Morgan fingerprint density at radius 1 is 1.32 bits per heavy atom. The second-order valence-corrected chi connectivity index (χ2v) is 4.31. The largest absolute Gasteiger partial charge is 0.464 e. The molecule has 0 radical (unpaired) electrons. The van der Waals surface area contributed by atoms with Crippen molar-refractivity contribution in [2.75, 3.05) is 13.7 Å². The SMILES string of the molecule is CNC(CO)C(c1ccc2ccoc2c1)C(F)(F)F. The quantitative estimate of drug-likeness (QED) is 0.900. The molecule has 0 spiro atoms. The molecule has 6 heteroatoms. The summed E-state index contributed by atoms with van der Waals surface area (Å²) in [5, 5.41) is 12.4. The fourth-order valence-corrected chi connectivity index (χ4v) is 2.18. The molecule has 0 fully saturated rings. The number of aliphatic hydroxyl groups is 1. The average Bonchev–Trinajstić information content (AvgIpc) is 2.81. The minimum atomic E-state index is -4.45. The molecule has 0 bridgehead atoms. The number of benzene rings is 1. The number of rotatable bonds is 4. The molecule has 19 heavy (non-hydrogen) atoms. The summed E-state index contributed by atoms with van der Waals surface area (Å²) in [6, 6.07) is 4.96. The van der Waals surface area contributed by atoms with E-state index in [2.05, 4.69) is 5.32 Å². The van der Waals surface area contributed by atoms with Crippen LogP contribution in [-0.4, -0.2) is 31.0 Å². The van der Waals surface area contributed by atoms with Gasteiger partial charge in [0.25, 0.3) is 0 Å². The number of aliphatic hydroxyl groups excluding tert-OH is 1. The first kappa shape index (κ1) is 13.9. The van der Waals surface area contributed by atoms with Gasteiger partial charge in [-0.05, 0) is 24.7 Å². The number of nitrogens with one attached hydrogen (secondary N) is 1. The van der Waals surface area contributed by atoms with E-state index in [4.69, 9.17) is 9.52 Å². The number of furan rings is 1. The van der Waals surface area contributed by atoms with Crippen molar-refractivity contribution in [2.45, 2.75) is 18.1 Å². The summed E-state index contributed by atoms with van der Waals surface area (Å²) in [7, 11) is 1.39. The third-order valence-corrected chi connectivity index (χ3v) is 3.16. The number of hydrogen-bond donors (Lipinski definition) is 2. The van der Waals surface area contributed by atoms with Crippen LogP contribution in [0.3, 0.4) is 0 Å². The molecule has 0 saturated carbocycles. The van der Waals surface area contributed by atoms with Crippen LogP contribution in [0.25, 0.3) is 11.0 Å². The Hall–Kier alpha value is -1.53. The van der Waals surface area contributed by atoms with Crippen molar-refractivity contribution >= 4 is 11.0 Å². The molecule has 0 aliphatic carbocycles. The van der Waals surface area contributed by atoms with Gasteiger partial charge in [0.2, 0.25) is 0 Å². The summed E-state index contributed by atoms with van der Waals surface area (Å²) in [6.45, 7) is -0.600. The zero-order valence-corrected chi connectivity index (χ0v) is 10.2. The first-order chi connectivity index (χ1) is 8.97. The molecule has 2 N–H and O–H groups in total. The van der Waals surface area contributed by atoms with Crippen LogP contribution >= 0.6 is 0 Å². The Morgan fingerprint density at radius 3 is 2.63 bits per heavy atom. The summed E-state index contributed by atoms with van der Waals surface area (Å²) >= 11 is 0. The summed E-state index contributed by atoms with van der Waals surface area (Å²) in [5.41, 5.74) is 0.475. The molecule has 3 nitrogen and oxygen atoms in total. The van der Waals surface area contributed by atoms with Gasteiger partial charge in [0.15, 0.2) is 0 Å². The van der Waals surface area contributed by atoms with E-state index in [1.807, 2.05) is 0 Å². The number of fused-ring (bicyclic) bond motifs is 1. The van der Waals surface area contributed by atoms with Crippen molar-refractivity contribution < 1.29 is 22.7 Å². The molecule has 2 unspecified atom stereocenters. The number of halogens is 3. The molecule has 2 atom stereocenters. The molecule has 0 amide bonds. The minimum Gasteiger partial charge on any atom is -0.464 e. The molecule has 1 aromatic heterocycles. The van der Waals surface area contributed by atoms with Crippen molar-refractivity contribution in [1.82, 2.24) is 5.32 Å². The molecule has 0 aliphatic heterocycles. The molecular weight excluding hydrogens is 259 g/mol. The van der Waals surface area contributed by atoms with E-state index >= 15 is 0 Å². The fourth-order valence-electron chi connectivity index (χ4n) is 2.18. The lowest BCUT2D eigenvalue weighted by atomic mass is 9.90. The molecule has 104 valence electrons. The fraction of sp³-hybridized carbons (Fsp3) is 0.385. The predicted octanol–water partition coefficient (Wildman–Crippen LogP) is 2.66. The average molecular weight is 273 g/mol. The van der Waals surface area contributed by atoms with Gasteiger partial charge >= 0.3 is 6.18 Å². The normalized spacial score (nSPS) is 15.6. The van der Waals surface area contributed by atoms with Crippen LogP contribution < -0.4 is 5.32 Å². The topological polar surface area (TPSA) is 45.4 Å². The van der Waals surface area contributed by atoms with Gasteiger partial charge in [-0.15, -0.1) is 0 Å². The highest BCUT2D eigenvalue weighted by atomic mass is 19.4. The molecular formula is C13H14F3NO2. The van der Waals surface area contributed by atoms with Crippen molar-refractivity contribution in [1.29, 1.82) is 0 Å². The summed E-state index contributed by atoms with van der Waals surface area (Å²) in [4.78, 5) is 0. The van der Waals surface area contributed by atoms with E-state index in [9.17, 15) is 13.2 Å². The Kier molecular flexibility index (Phi) is 3.82. The predicted molar refractivity (Wildman–Crippen MR) is 64.9 cm³/mol. The highest BCUT2D eigenvalue weighted by Crippen LogP contribution is 2.38. The van der Waals surface area contributed by atoms with Crippen molar-refractivity contribution in [3.8, 4) is 0 Å². The van der Waals surface area contributed by atoms with Gasteiger partial charge in [0.1, 0.15) is 5.58 Å². The maximum atomic E-state index is 13.2. The van der Waals surface area contributed by atoms with Gasteiger partial charge in [-0.3, -0.25) is 0 Å². The Bertz CT molecular complexity index is 546.